The summed E-state index contributed by atoms with van der Waals surface area (Å²) < 4.78 is 12.5. The highest BCUT2D eigenvalue weighted by atomic mass is 31.1. The summed E-state index contributed by atoms with van der Waals surface area (Å²) in [6.07, 6.45) is 0. The van der Waals surface area contributed by atoms with Gasteiger partial charge in [0.25, 0.3) is 0 Å². The molecule has 0 saturated heterocycles. The fraction of sp³-hybridized carbons (Fsp3) is 0. The maximum Gasteiger partial charge on any atom is 0.384 e. The van der Waals surface area contributed by atoms with E-state index in [9.17, 15) is 4.89 Å². The van der Waals surface area contributed by atoms with Crippen molar-refractivity contribution in [3.63, 3.8) is 0 Å². The molecule has 6 aromatic carbocycles. The zero-order valence-corrected chi connectivity index (χ0v) is 20.2. The van der Waals surface area contributed by atoms with Crippen LogP contribution in [-0.4, -0.2) is 4.89 Å². The lowest BCUT2D eigenvalue weighted by Crippen LogP contribution is -1.87. The van der Waals surface area contributed by atoms with Crippen LogP contribution in [0.5, 0.6) is 0 Å². The molecule has 0 aliphatic carbocycles. The maximum absolute atomic E-state index is 11.1. The zero-order chi connectivity index (χ0) is 24.1. The minimum Gasteiger partial charge on any atom is -0.398 e. The molecule has 0 fully saturated rings. The van der Waals surface area contributed by atoms with Gasteiger partial charge in [-0.25, -0.2) is 0 Å². The van der Waals surface area contributed by atoms with Gasteiger partial charge in [0.2, 0.25) is 0 Å². The maximum atomic E-state index is 11.1. The lowest BCUT2D eigenvalue weighted by atomic mass is 9.91. The largest absolute Gasteiger partial charge is 0.398 e. The molecule has 3 nitrogen and oxygen atoms in total. The molecule has 0 bridgehead atoms. The molecule has 4 heteroatoms. The van der Waals surface area contributed by atoms with Crippen LogP contribution in [0.3, 0.4) is 0 Å². The second-order valence-electron chi connectivity index (χ2n) is 8.85. The Morgan fingerprint density at radius 3 is 1.31 bits per heavy atom. The van der Waals surface area contributed by atoms with Gasteiger partial charge in [-0.2, -0.15) is 0 Å². The van der Waals surface area contributed by atoms with Crippen molar-refractivity contribution in [3.8, 4) is 22.3 Å². The number of benzene rings is 6. The van der Waals surface area contributed by atoms with E-state index in [-0.39, 0.29) is 0 Å². The van der Waals surface area contributed by atoms with Crippen molar-refractivity contribution in [2.24, 2.45) is 0 Å². The molecular formula is C32H21O3P. The van der Waals surface area contributed by atoms with Crippen LogP contribution in [-0.2, 0) is 0 Å². The van der Waals surface area contributed by atoms with E-state index in [1.165, 1.54) is 0 Å². The molecular weight excluding hydrogens is 463 g/mol. The van der Waals surface area contributed by atoms with E-state index in [2.05, 4.69) is 72.8 Å². The molecule has 0 radical (unpaired) electrons. The van der Waals surface area contributed by atoms with Gasteiger partial charge in [-0.3, -0.25) is 4.89 Å². The highest BCUT2D eigenvalue weighted by Crippen LogP contribution is 2.46. The van der Waals surface area contributed by atoms with Gasteiger partial charge < -0.3 is 8.39 Å². The SMILES string of the molecule is Op1oc2c(-c3ccccc3)cc3ccccc3c2c2c(o1)c(-c1ccccc1)cc1ccccc12. The molecule has 172 valence electrons. The van der Waals surface area contributed by atoms with E-state index in [0.29, 0.717) is 11.2 Å². The number of rotatable bonds is 2. The minimum atomic E-state index is -2.22. The lowest BCUT2D eigenvalue weighted by molar-refractivity contribution is 0.496. The molecule has 36 heavy (non-hydrogen) atoms. The lowest BCUT2D eigenvalue weighted by Gasteiger charge is -2.12. The third-order valence-electron chi connectivity index (χ3n) is 6.76. The quantitative estimate of drug-likeness (QED) is 0.266. The Morgan fingerprint density at radius 1 is 0.472 bits per heavy atom. The minimum absolute atomic E-state index is 0.641. The number of hydrogen-bond donors (Lipinski definition) is 1. The van der Waals surface area contributed by atoms with Crippen LogP contribution in [0, 0.1) is 0 Å². The van der Waals surface area contributed by atoms with E-state index in [1.807, 2.05) is 48.5 Å². The van der Waals surface area contributed by atoms with Crippen molar-refractivity contribution in [2.75, 3.05) is 0 Å². The second-order valence-corrected chi connectivity index (χ2v) is 9.69. The summed E-state index contributed by atoms with van der Waals surface area (Å²) in [7, 11) is -2.22. The van der Waals surface area contributed by atoms with Crippen LogP contribution in [0.15, 0.2) is 130 Å². The molecule has 0 amide bonds. The van der Waals surface area contributed by atoms with Gasteiger partial charge in [0.15, 0.2) is 11.2 Å². The summed E-state index contributed by atoms with van der Waals surface area (Å²) in [6, 6.07) is 41.3. The van der Waals surface area contributed by atoms with E-state index in [4.69, 9.17) is 8.39 Å². The Hall–Kier alpha value is -4.30. The van der Waals surface area contributed by atoms with Gasteiger partial charge >= 0.3 is 8.24 Å². The van der Waals surface area contributed by atoms with Gasteiger partial charge in [-0.05, 0) is 44.8 Å². The molecule has 0 atom stereocenters. The van der Waals surface area contributed by atoms with Gasteiger partial charge in [0.05, 0.1) is 0 Å². The molecule has 1 heterocycles. The van der Waals surface area contributed by atoms with Crippen LogP contribution in [0.1, 0.15) is 0 Å². The summed E-state index contributed by atoms with van der Waals surface area (Å²) in [4.78, 5) is 11.1. The molecule has 7 aromatic rings. The van der Waals surface area contributed by atoms with Crippen LogP contribution in [0.25, 0.3) is 65.7 Å². The number of fused-ring (bicyclic) bond motifs is 7. The monoisotopic (exact) mass is 484 g/mol. The summed E-state index contributed by atoms with van der Waals surface area (Å²) >= 11 is 0. The summed E-state index contributed by atoms with van der Waals surface area (Å²) in [5.74, 6) is 0. The second kappa shape index (κ2) is 8.42. The first-order valence-electron chi connectivity index (χ1n) is 11.9. The van der Waals surface area contributed by atoms with Crippen LogP contribution < -0.4 is 0 Å². The standard InChI is InChI=1S/C32H21O3P/c33-36-34-31-27(21-11-3-1-4-12-21)19-23-15-7-9-17-25(23)29(31)30-26-18-10-8-16-24(26)20-28(32(30)35-36)22-13-5-2-6-14-22/h1-20,33H. The molecule has 0 unspecified atom stereocenters. The van der Waals surface area contributed by atoms with Crippen molar-refractivity contribution in [1.29, 1.82) is 0 Å². The Balaban J connectivity index is 1.83. The van der Waals surface area contributed by atoms with Gasteiger partial charge in [-0.15, -0.1) is 0 Å². The van der Waals surface area contributed by atoms with Crippen LogP contribution in [0.4, 0.5) is 0 Å². The van der Waals surface area contributed by atoms with E-state index < -0.39 is 8.24 Å². The van der Waals surface area contributed by atoms with Crippen molar-refractivity contribution < 1.29 is 13.3 Å². The molecule has 0 aliphatic rings. The Kier molecular flexibility index (Phi) is 4.92. The van der Waals surface area contributed by atoms with Crippen molar-refractivity contribution in [1.82, 2.24) is 0 Å². The molecule has 0 spiro atoms. The van der Waals surface area contributed by atoms with Crippen molar-refractivity contribution in [3.05, 3.63) is 121 Å². The Labute approximate surface area is 208 Å². The first-order valence-corrected chi connectivity index (χ1v) is 13.0. The van der Waals surface area contributed by atoms with Gasteiger partial charge in [0.1, 0.15) is 0 Å². The van der Waals surface area contributed by atoms with Crippen LogP contribution in [0.2, 0.25) is 0 Å². The zero-order valence-electron chi connectivity index (χ0n) is 19.3. The average Bonchev–Trinajstić information content (AvgIpc) is 3.09. The predicted molar refractivity (Wildman–Crippen MR) is 150 cm³/mol. The molecule has 0 saturated carbocycles. The summed E-state index contributed by atoms with van der Waals surface area (Å²) in [5, 5.41) is 6.19. The molecule has 1 aromatic heterocycles. The first kappa shape index (κ1) is 21.0. The third-order valence-corrected chi connectivity index (χ3v) is 7.44. The van der Waals surface area contributed by atoms with E-state index >= 15 is 0 Å². The molecule has 7 rings (SSSR count). The highest BCUT2D eigenvalue weighted by Gasteiger charge is 2.19. The Morgan fingerprint density at radius 2 is 0.861 bits per heavy atom. The van der Waals surface area contributed by atoms with Gasteiger partial charge in [0, 0.05) is 21.9 Å². The van der Waals surface area contributed by atoms with E-state index in [1.54, 1.807) is 0 Å². The topological polar surface area (TPSA) is 46.5 Å². The first-order chi connectivity index (χ1) is 17.8. The predicted octanol–water partition coefficient (Wildman–Crippen LogP) is 9.69. The molecule has 1 N–H and O–H groups in total. The number of hydrogen-bond acceptors (Lipinski definition) is 3. The highest BCUT2D eigenvalue weighted by molar-refractivity contribution is 7.30. The van der Waals surface area contributed by atoms with E-state index in [0.717, 1.165) is 54.6 Å². The summed E-state index contributed by atoms with van der Waals surface area (Å²) in [5.41, 5.74) is 5.18. The van der Waals surface area contributed by atoms with Crippen LogP contribution >= 0.6 is 8.24 Å². The van der Waals surface area contributed by atoms with Gasteiger partial charge in [-0.1, -0.05) is 109 Å². The normalized spacial score (nSPS) is 11.5. The fourth-order valence-electron chi connectivity index (χ4n) is 5.18. The van der Waals surface area contributed by atoms with Crippen molar-refractivity contribution in [2.45, 2.75) is 0 Å². The fourth-order valence-corrected chi connectivity index (χ4v) is 5.91. The smallest absolute Gasteiger partial charge is 0.384 e. The average molecular weight is 484 g/mol. The Bertz CT molecular complexity index is 1800. The summed E-state index contributed by atoms with van der Waals surface area (Å²) in [6.45, 7) is 0. The third kappa shape index (κ3) is 3.33. The molecule has 0 aliphatic heterocycles. The van der Waals surface area contributed by atoms with Crippen molar-refractivity contribution >= 4 is 51.7 Å².